The summed E-state index contributed by atoms with van der Waals surface area (Å²) in [7, 11) is 0. The van der Waals surface area contributed by atoms with Crippen LogP contribution in [0.3, 0.4) is 0 Å². The van der Waals surface area contributed by atoms with Gasteiger partial charge in [-0.3, -0.25) is 4.79 Å². The summed E-state index contributed by atoms with van der Waals surface area (Å²) < 4.78 is 0.939. The molecule has 1 aromatic carbocycles. The first kappa shape index (κ1) is 11.5. The lowest BCUT2D eigenvalue weighted by Gasteiger charge is -2.06. The van der Waals surface area contributed by atoms with Crippen molar-refractivity contribution in [2.24, 2.45) is 0 Å². The summed E-state index contributed by atoms with van der Waals surface area (Å²) in [6.07, 6.45) is 0. The van der Waals surface area contributed by atoms with Crippen LogP contribution in [-0.2, 0) is 0 Å². The summed E-state index contributed by atoms with van der Waals surface area (Å²) in [5.41, 5.74) is 3.00. The first-order valence-corrected chi connectivity index (χ1v) is 6.09. The Balaban J connectivity index is 2.80. The summed E-state index contributed by atoms with van der Waals surface area (Å²) in [5.74, 6) is 0.0270. The molecule has 0 aliphatic heterocycles. The number of benzene rings is 1. The molecule has 76 valence electrons. The van der Waals surface area contributed by atoms with Crippen molar-refractivity contribution in [1.29, 1.82) is 0 Å². The van der Waals surface area contributed by atoms with Gasteiger partial charge in [0, 0.05) is 16.5 Å². The van der Waals surface area contributed by atoms with Crippen LogP contribution in [0.2, 0.25) is 0 Å². The van der Waals surface area contributed by atoms with Crippen LogP contribution in [0.4, 0.5) is 0 Å². The molecule has 3 heteroatoms. The number of rotatable bonds is 3. The molecule has 2 nitrogen and oxygen atoms in total. The van der Waals surface area contributed by atoms with Crippen molar-refractivity contribution < 1.29 is 4.79 Å². The van der Waals surface area contributed by atoms with E-state index in [2.05, 4.69) is 27.9 Å². The van der Waals surface area contributed by atoms with E-state index in [-0.39, 0.29) is 5.91 Å². The van der Waals surface area contributed by atoms with Crippen LogP contribution in [0.15, 0.2) is 18.2 Å². The maximum Gasteiger partial charge on any atom is 0.251 e. The van der Waals surface area contributed by atoms with Crippen LogP contribution >= 0.6 is 22.6 Å². The summed E-state index contributed by atoms with van der Waals surface area (Å²) >= 11 is 2.24. The predicted octanol–water partition coefficient (Wildman–Crippen LogP) is 2.47. The van der Waals surface area contributed by atoms with Gasteiger partial charge < -0.3 is 5.32 Å². The van der Waals surface area contributed by atoms with Crippen molar-refractivity contribution in [3.05, 3.63) is 34.9 Å². The molecule has 0 aliphatic rings. The van der Waals surface area contributed by atoms with E-state index in [0.29, 0.717) is 0 Å². The number of aryl methyl sites for hydroxylation is 2. The molecule has 0 bridgehead atoms. The Bertz CT molecular complexity index is 336. The van der Waals surface area contributed by atoms with Gasteiger partial charge in [-0.15, -0.1) is 0 Å². The quantitative estimate of drug-likeness (QED) is 0.674. The summed E-state index contributed by atoms with van der Waals surface area (Å²) in [6, 6.07) is 5.87. The molecular weight excluding hydrogens is 289 g/mol. The maximum atomic E-state index is 11.6. The van der Waals surface area contributed by atoms with Gasteiger partial charge in [-0.05, 0) is 25.5 Å². The molecule has 0 unspecified atom stereocenters. The second-order valence-electron chi connectivity index (χ2n) is 3.26. The summed E-state index contributed by atoms with van der Waals surface area (Å²) in [5, 5.41) is 2.86. The highest BCUT2D eigenvalue weighted by Gasteiger charge is 2.07. The van der Waals surface area contributed by atoms with Crippen LogP contribution in [0.25, 0.3) is 0 Å². The average molecular weight is 303 g/mol. The van der Waals surface area contributed by atoms with Gasteiger partial charge in [-0.2, -0.15) is 0 Å². The van der Waals surface area contributed by atoms with Crippen molar-refractivity contribution >= 4 is 28.5 Å². The van der Waals surface area contributed by atoms with Crippen molar-refractivity contribution in [2.45, 2.75) is 13.8 Å². The van der Waals surface area contributed by atoms with E-state index < -0.39 is 0 Å². The molecule has 14 heavy (non-hydrogen) atoms. The molecule has 0 saturated carbocycles. The van der Waals surface area contributed by atoms with Gasteiger partial charge in [0.15, 0.2) is 0 Å². The maximum absolute atomic E-state index is 11.6. The van der Waals surface area contributed by atoms with E-state index in [0.717, 1.165) is 22.1 Å². The third-order valence-electron chi connectivity index (χ3n) is 2.01. The van der Waals surface area contributed by atoms with Crippen molar-refractivity contribution in [1.82, 2.24) is 5.32 Å². The Kier molecular flexibility index (Phi) is 4.38. The third-order valence-corrected chi connectivity index (χ3v) is 2.55. The Morgan fingerprint density at radius 2 is 2.14 bits per heavy atom. The number of halogens is 1. The number of hydrogen-bond donors (Lipinski definition) is 1. The Morgan fingerprint density at radius 3 is 2.71 bits per heavy atom. The van der Waals surface area contributed by atoms with Crippen LogP contribution < -0.4 is 5.32 Å². The summed E-state index contributed by atoms with van der Waals surface area (Å²) in [4.78, 5) is 11.6. The van der Waals surface area contributed by atoms with Crippen molar-refractivity contribution in [3.63, 3.8) is 0 Å². The molecule has 0 radical (unpaired) electrons. The first-order valence-electron chi connectivity index (χ1n) is 4.56. The highest BCUT2D eigenvalue weighted by Crippen LogP contribution is 2.10. The zero-order valence-electron chi connectivity index (χ0n) is 8.43. The van der Waals surface area contributed by atoms with Gasteiger partial charge >= 0.3 is 0 Å². The SMILES string of the molecule is Cc1ccc(C(=O)NCCI)c(C)c1. The second-order valence-corrected chi connectivity index (χ2v) is 4.34. The van der Waals surface area contributed by atoms with Crippen LogP contribution in [0.1, 0.15) is 21.5 Å². The van der Waals surface area contributed by atoms with Crippen molar-refractivity contribution in [2.75, 3.05) is 11.0 Å². The lowest BCUT2D eigenvalue weighted by Crippen LogP contribution is -2.25. The largest absolute Gasteiger partial charge is 0.351 e. The van der Waals surface area contributed by atoms with Gasteiger partial charge in [0.2, 0.25) is 0 Å². The second kappa shape index (κ2) is 5.34. The van der Waals surface area contributed by atoms with E-state index in [4.69, 9.17) is 0 Å². The molecular formula is C11H14INO. The zero-order chi connectivity index (χ0) is 10.6. The predicted molar refractivity (Wildman–Crippen MR) is 67.1 cm³/mol. The Hall–Kier alpha value is -0.580. The van der Waals surface area contributed by atoms with E-state index >= 15 is 0 Å². The molecule has 1 N–H and O–H groups in total. The van der Waals surface area contributed by atoms with E-state index in [9.17, 15) is 4.79 Å². The van der Waals surface area contributed by atoms with Gasteiger partial charge in [-0.1, -0.05) is 40.3 Å². The van der Waals surface area contributed by atoms with Crippen LogP contribution in [-0.4, -0.2) is 16.9 Å². The molecule has 0 spiro atoms. The first-order chi connectivity index (χ1) is 6.65. The molecule has 0 heterocycles. The number of alkyl halides is 1. The monoisotopic (exact) mass is 303 g/mol. The number of carbonyl (C=O) groups is 1. The lowest BCUT2D eigenvalue weighted by atomic mass is 10.1. The van der Waals surface area contributed by atoms with Crippen LogP contribution in [0.5, 0.6) is 0 Å². The normalized spacial score (nSPS) is 9.93. The molecule has 1 aromatic rings. The zero-order valence-corrected chi connectivity index (χ0v) is 10.6. The number of amides is 1. The molecule has 0 aromatic heterocycles. The highest BCUT2D eigenvalue weighted by molar-refractivity contribution is 14.1. The van der Waals surface area contributed by atoms with Gasteiger partial charge in [0.1, 0.15) is 0 Å². The molecule has 1 rings (SSSR count). The third kappa shape index (κ3) is 2.97. The number of nitrogens with one attached hydrogen (secondary N) is 1. The van der Waals surface area contributed by atoms with E-state index in [1.807, 2.05) is 32.0 Å². The van der Waals surface area contributed by atoms with E-state index in [1.54, 1.807) is 0 Å². The minimum atomic E-state index is 0.0270. The minimum absolute atomic E-state index is 0.0270. The molecule has 0 aliphatic carbocycles. The molecule has 1 amide bonds. The number of hydrogen-bond acceptors (Lipinski definition) is 1. The van der Waals surface area contributed by atoms with Gasteiger partial charge in [0.05, 0.1) is 0 Å². The fraction of sp³-hybridized carbons (Fsp3) is 0.364. The molecule has 0 fully saturated rings. The van der Waals surface area contributed by atoms with Crippen molar-refractivity contribution in [3.8, 4) is 0 Å². The average Bonchev–Trinajstić information content (AvgIpc) is 2.14. The Labute approximate surface area is 98.2 Å². The summed E-state index contributed by atoms with van der Waals surface area (Å²) in [6.45, 7) is 4.72. The lowest BCUT2D eigenvalue weighted by molar-refractivity contribution is 0.0956. The van der Waals surface area contributed by atoms with Crippen LogP contribution in [0, 0.1) is 13.8 Å². The minimum Gasteiger partial charge on any atom is -0.351 e. The highest BCUT2D eigenvalue weighted by atomic mass is 127. The Morgan fingerprint density at radius 1 is 1.43 bits per heavy atom. The standard InChI is InChI=1S/C11H14INO/c1-8-3-4-10(9(2)7-8)11(14)13-6-5-12/h3-4,7H,5-6H2,1-2H3,(H,13,14). The van der Waals surface area contributed by atoms with E-state index in [1.165, 1.54) is 5.56 Å². The smallest absolute Gasteiger partial charge is 0.251 e. The molecule has 0 saturated heterocycles. The fourth-order valence-corrected chi connectivity index (χ4v) is 1.59. The number of carbonyl (C=O) groups excluding carboxylic acids is 1. The van der Waals surface area contributed by atoms with Gasteiger partial charge in [-0.25, -0.2) is 0 Å². The molecule has 0 atom stereocenters. The topological polar surface area (TPSA) is 29.1 Å². The fourth-order valence-electron chi connectivity index (χ4n) is 1.32. The van der Waals surface area contributed by atoms with Gasteiger partial charge in [0.25, 0.3) is 5.91 Å².